The minimum atomic E-state index is -0.329. The largest absolute Gasteiger partial charge is 0.339 e. The van der Waals surface area contributed by atoms with Crippen molar-refractivity contribution >= 4 is 17.5 Å². The van der Waals surface area contributed by atoms with Crippen molar-refractivity contribution in [3.8, 4) is 0 Å². The van der Waals surface area contributed by atoms with Crippen molar-refractivity contribution in [1.29, 1.82) is 0 Å². The van der Waals surface area contributed by atoms with Gasteiger partial charge in [-0.05, 0) is 44.2 Å². The van der Waals surface area contributed by atoms with Crippen molar-refractivity contribution in [2.75, 3.05) is 43.0 Å². The number of carbonyl (C=O) groups is 1. The summed E-state index contributed by atoms with van der Waals surface area (Å²) in [5.74, 6) is 0.383. The van der Waals surface area contributed by atoms with Crippen LogP contribution in [-0.4, -0.2) is 59.5 Å². The molecule has 1 atom stereocenters. The van der Waals surface area contributed by atoms with Crippen LogP contribution >= 0.6 is 0 Å². The number of hydrogen-bond donors (Lipinski definition) is 0. The van der Waals surface area contributed by atoms with Gasteiger partial charge in [0.05, 0.1) is 12.1 Å². The molecule has 0 bridgehead atoms. The highest BCUT2D eigenvalue weighted by Gasteiger charge is 2.48. The SMILES string of the molecule is Cc1cnc(N2CC[C@]3(C2)CN(c2cccc(F)c2)C(=O)CN3C)nc1. The maximum Gasteiger partial charge on any atom is 0.241 e. The molecular weight excluding hydrogens is 333 g/mol. The van der Waals surface area contributed by atoms with Gasteiger partial charge in [-0.3, -0.25) is 9.69 Å². The Morgan fingerprint density at radius 3 is 2.69 bits per heavy atom. The summed E-state index contributed by atoms with van der Waals surface area (Å²) >= 11 is 0. The number of aromatic nitrogens is 2. The molecule has 1 spiro atoms. The average Bonchev–Trinajstić information content (AvgIpc) is 3.04. The second-order valence-electron chi connectivity index (χ2n) is 7.27. The van der Waals surface area contributed by atoms with E-state index in [4.69, 9.17) is 0 Å². The van der Waals surface area contributed by atoms with Gasteiger partial charge >= 0.3 is 0 Å². The number of anilines is 2. The van der Waals surface area contributed by atoms with Crippen LogP contribution in [0.1, 0.15) is 12.0 Å². The minimum absolute atomic E-state index is 0.00578. The Hall–Kier alpha value is -2.54. The number of hydrogen-bond acceptors (Lipinski definition) is 5. The molecule has 0 saturated carbocycles. The van der Waals surface area contributed by atoms with Gasteiger partial charge in [-0.1, -0.05) is 6.07 Å². The fraction of sp³-hybridized carbons (Fsp3) is 0.421. The second-order valence-corrected chi connectivity index (χ2v) is 7.27. The normalized spacial score (nSPS) is 23.9. The van der Waals surface area contributed by atoms with E-state index in [9.17, 15) is 9.18 Å². The van der Waals surface area contributed by atoms with Crippen LogP contribution in [0.25, 0.3) is 0 Å². The van der Waals surface area contributed by atoms with E-state index in [1.165, 1.54) is 12.1 Å². The summed E-state index contributed by atoms with van der Waals surface area (Å²) in [4.78, 5) is 27.4. The average molecular weight is 355 g/mol. The summed E-state index contributed by atoms with van der Waals surface area (Å²) in [6.07, 6.45) is 4.54. The first kappa shape index (κ1) is 16.9. The molecule has 1 amide bonds. The zero-order chi connectivity index (χ0) is 18.3. The third kappa shape index (κ3) is 2.92. The second kappa shape index (κ2) is 6.32. The molecule has 136 valence electrons. The molecule has 0 aliphatic carbocycles. The molecule has 0 N–H and O–H groups in total. The molecule has 1 aromatic heterocycles. The minimum Gasteiger partial charge on any atom is -0.339 e. The standard InChI is InChI=1S/C19H22FN5O/c1-14-9-21-18(22-10-14)24-7-6-19(12-24)13-25(17(26)11-23(19)2)16-5-3-4-15(20)8-16/h3-5,8-10H,6-7,11-13H2,1-2H3/t19-/m0/s1. The zero-order valence-corrected chi connectivity index (χ0v) is 15.0. The fourth-order valence-electron chi connectivity index (χ4n) is 3.86. The van der Waals surface area contributed by atoms with Crippen LogP contribution in [0.5, 0.6) is 0 Å². The lowest BCUT2D eigenvalue weighted by Crippen LogP contribution is -2.64. The van der Waals surface area contributed by atoms with Gasteiger partial charge < -0.3 is 9.80 Å². The number of likely N-dealkylation sites (N-methyl/N-ethyl adjacent to an activating group) is 1. The maximum atomic E-state index is 13.6. The van der Waals surface area contributed by atoms with Crippen LogP contribution < -0.4 is 9.80 Å². The number of piperazine rings is 1. The van der Waals surface area contributed by atoms with Crippen LogP contribution in [0.4, 0.5) is 16.0 Å². The van der Waals surface area contributed by atoms with E-state index in [1.54, 1.807) is 17.0 Å². The van der Waals surface area contributed by atoms with E-state index in [0.717, 1.165) is 31.0 Å². The van der Waals surface area contributed by atoms with E-state index < -0.39 is 0 Å². The van der Waals surface area contributed by atoms with E-state index in [1.807, 2.05) is 26.4 Å². The molecule has 26 heavy (non-hydrogen) atoms. The molecule has 3 heterocycles. The Morgan fingerprint density at radius 2 is 1.96 bits per heavy atom. The molecule has 2 aliphatic heterocycles. The van der Waals surface area contributed by atoms with Gasteiger partial charge in [0, 0.05) is 37.7 Å². The topological polar surface area (TPSA) is 52.6 Å². The van der Waals surface area contributed by atoms with Crippen LogP contribution in [0.15, 0.2) is 36.7 Å². The predicted octanol–water partition coefficient (Wildman–Crippen LogP) is 1.85. The van der Waals surface area contributed by atoms with Gasteiger partial charge in [0.15, 0.2) is 0 Å². The lowest BCUT2D eigenvalue weighted by atomic mass is 9.92. The number of amides is 1. The molecule has 2 saturated heterocycles. The first-order valence-electron chi connectivity index (χ1n) is 8.78. The summed E-state index contributed by atoms with van der Waals surface area (Å²) in [7, 11) is 1.99. The highest BCUT2D eigenvalue weighted by atomic mass is 19.1. The predicted molar refractivity (Wildman–Crippen MR) is 97.7 cm³/mol. The Morgan fingerprint density at radius 1 is 1.19 bits per heavy atom. The summed E-state index contributed by atoms with van der Waals surface area (Å²) < 4.78 is 13.6. The van der Waals surface area contributed by atoms with Crippen molar-refractivity contribution in [2.24, 2.45) is 0 Å². The van der Waals surface area contributed by atoms with Crippen LogP contribution in [0, 0.1) is 12.7 Å². The van der Waals surface area contributed by atoms with Gasteiger partial charge in [-0.15, -0.1) is 0 Å². The third-order valence-electron chi connectivity index (χ3n) is 5.44. The molecule has 2 aromatic rings. The fourth-order valence-corrected chi connectivity index (χ4v) is 3.86. The highest BCUT2D eigenvalue weighted by Crippen LogP contribution is 2.34. The van der Waals surface area contributed by atoms with E-state index in [-0.39, 0.29) is 17.3 Å². The summed E-state index contributed by atoms with van der Waals surface area (Å²) in [6, 6.07) is 6.25. The molecule has 0 unspecified atom stereocenters. The number of aryl methyl sites for hydroxylation is 1. The molecule has 6 nitrogen and oxygen atoms in total. The quantitative estimate of drug-likeness (QED) is 0.823. The number of rotatable bonds is 2. The van der Waals surface area contributed by atoms with Crippen molar-refractivity contribution in [3.63, 3.8) is 0 Å². The van der Waals surface area contributed by atoms with E-state index in [0.29, 0.717) is 18.8 Å². The lowest BCUT2D eigenvalue weighted by Gasteiger charge is -2.46. The molecule has 4 rings (SSSR count). The Balaban J connectivity index is 1.59. The number of carbonyl (C=O) groups excluding carboxylic acids is 1. The van der Waals surface area contributed by atoms with Crippen LogP contribution in [0.3, 0.4) is 0 Å². The van der Waals surface area contributed by atoms with E-state index >= 15 is 0 Å². The number of nitrogens with zero attached hydrogens (tertiary/aromatic N) is 5. The van der Waals surface area contributed by atoms with E-state index in [2.05, 4.69) is 19.8 Å². The molecule has 7 heteroatoms. The third-order valence-corrected chi connectivity index (χ3v) is 5.44. The highest BCUT2D eigenvalue weighted by molar-refractivity contribution is 5.96. The Bertz CT molecular complexity index is 827. The maximum absolute atomic E-state index is 13.6. The van der Waals surface area contributed by atoms with Gasteiger partial charge in [-0.25, -0.2) is 14.4 Å². The summed E-state index contributed by atoms with van der Waals surface area (Å²) in [5.41, 5.74) is 1.46. The smallest absolute Gasteiger partial charge is 0.241 e. The summed E-state index contributed by atoms with van der Waals surface area (Å²) in [6.45, 7) is 4.39. The zero-order valence-electron chi connectivity index (χ0n) is 15.0. The van der Waals surface area contributed by atoms with Crippen LogP contribution in [-0.2, 0) is 4.79 Å². The van der Waals surface area contributed by atoms with Gasteiger partial charge in [0.2, 0.25) is 11.9 Å². The van der Waals surface area contributed by atoms with Gasteiger partial charge in [-0.2, -0.15) is 0 Å². The Labute approximate surface area is 152 Å². The summed E-state index contributed by atoms with van der Waals surface area (Å²) in [5, 5.41) is 0. The molecule has 0 radical (unpaired) electrons. The molecule has 1 aromatic carbocycles. The van der Waals surface area contributed by atoms with Crippen molar-refractivity contribution in [2.45, 2.75) is 18.9 Å². The van der Waals surface area contributed by atoms with Crippen molar-refractivity contribution < 1.29 is 9.18 Å². The molecular formula is C19H22FN5O. The number of halogens is 1. The lowest BCUT2D eigenvalue weighted by molar-refractivity contribution is -0.123. The molecule has 2 fully saturated rings. The van der Waals surface area contributed by atoms with Gasteiger partial charge in [0.1, 0.15) is 5.82 Å². The first-order chi connectivity index (χ1) is 12.5. The Kier molecular flexibility index (Phi) is 4.11. The van der Waals surface area contributed by atoms with Crippen molar-refractivity contribution in [3.05, 3.63) is 48.0 Å². The first-order valence-corrected chi connectivity index (χ1v) is 8.78. The van der Waals surface area contributed by atoms with Gasteiger partial charge in [0.25, 0.3) is 0 Å². The van der Waals surface area contributed by atoms with Crippen LogP contribution in [0.2, 0.25) is 0 Å². The monoisotopic (exact) mass is 355 g/mol. The van der Waals surface area contributed by atoms with Crippen molar-refractivity contribution in [1.82, 2.24) is 14.9 Å². The number of benzene rings is 1. The molecule has 2 aliphatic rings.